The highest BCUT2D eigenvalue weighted by molar-refractivity contribution is 5.97. The molecule has 6 heteroatoms. The third kappa shape index (κ3) is 1.76. The van der Waals surface area contributed by atoms with E-state index in [0.29, 0.717) is 0 Å². The molecular weight excluding hydrogens is 252 g/mol. The number of esters is 1. The Balaban J connectivity index is 2.89. The van der Waals surface area contributed by atoms with Gasteiger partial charge in [-0.15, -0.1) is 0 Å². The molecule has 0 spiro atoms. The predicted molar refractivity (Wildman–Crippen MR) is 64.7 cm³/mol. The van der Waals surface area contributed by atoms with Crippen LogP contribution in [0.5, 0.6) is 11.5 Å². The van der Waals surface area contributed by atoms with E-state index in [1.54, 1.807) is 0 Å². The number of phenolic OH excluding ortho intramolecular Hbond substituents is 1. The van der Waals surface area contributed by atoms with Gasteiger partial charge in [0.25, 0.3) is 0 Å². The average molecular weight is 266 g/mol. The minimum absolute atomic E-state index is 0.0492. The van der Waals surface area contributed by atoms with Crippen LogP contribution in [0.4, 0.5) is 0 Å². The molecule has 2 rings (SSSR count). The molecule has 1 aromatic carbocycles. The van der Waals surface area contributed by atoms with Crippen LogP contribution in [0.3, 0.4) is 0 Å². The minimum Gasteiger partial charge on any atom is -0.507 e. The Kier molecular flexibility index (Phi) is 3.00. The van der Waals surface area contributed by atoms with Gasteiger partial charge in [0.15, 0.2) is 0 Å². The first-order valence-electron chi connectivity index (χ1n) is 5.52. The number of aromatic hydroxyl groups is 1. The molecular formula is C13H14O6. The standard InChI is InChI=1S/C13H14O6/c1-6-13(2,17)11-7(5-14)9(18-3)4-8(15)10(11)12(16)19-6/h4,14-15,17H,1,5H2,2-3H3/t13-/m0/s1. The molecule has 6 nitrogen and oxygen atoms in total. The Hall–Kier alpha value is -2.05. The molecule has 0 saturated carbocycles. The number of aliphatic hydroxyl groups is 2. The van der Waals surface area contributed by atoms with Gasteiger partial charge in [0.05, 0.1) is 13.7 Å². The molecule has 102 valence electrons. The van der Waals surface area contributed by atoms with Gasteiger partial charge in [-0.1, -0.05) is 6.58 Å². The fourth-order valence-electron chi connectivity index (χ4n) is 2.17. The summed E-state index contributed by atoms with van der Waals surface area (Å²) in [7, 11) is 1.35. The summed E-state index contributed by atoms with van der Waals surface area (Å²) in [5.41, 5.74) is -1.65. The van der Waals surface area contributed by atoms with Gasteiger partial charge in [-0.3, -0.25) is 0 Å². The van der Waals surface area contributed by atoms with Gasteiger partial charge >= 0.3 is 5.97 Å². The van der Waals surface area contributed by atoms with Crippen LogP contribution in [-0.2, 0) is 16.9 Å². The zero-order valence-corrected chi connectivity index (χ0v) is 10.6. The van der Waals surface area contributed by atoms with E-state index >= 15 is 0 Å². The lowest BCUT2D eigenvalue weighted by Gasteiger charge is -2.34. The molecule has 0 fully saturated rings. The van der Waals surface area contributed by atoms with E-state index in [0.717, 1.165) is 0 Å². The Bertz CT molecular complexity index is 573. The van der Waals surface area contributed by atoms with Crippen molar-refractivity contribution in [1.29, 1.82) is 0 Å². The predicted octanol–water partition coefficient (Wildman–Crippen LogP) is 0.785. The summed E-state index contributed by atoms with van der Waals surface area (Å²) in [6.45, 7) is 4.37. The van der Waals surface area contributed by atoms with Crippen molar-refractivity contribution in [3.8, 4) is 11.5 Å². The van der Waals surface area contributed by atoms with Gasteiger partial charge in [0.1, 0.15) is 28.4 Å². The largest absolute Gasteiger partial charge is 0.507 e. The van der Waals surface area contributed by atoms with Crippen molar-refractivity contribution in [3.63, 3.8) is 0 Å². The van der Waals surface area contributed by atoms with Crippen molar-refractivity contribution in [2.24, 2.45) is 0 Å². The van der Waals surface area contributed by atoms with Crippen molar-refractivity contribution in [2.45, 2.75) is 19.1 Å². The SMILES string of the molecule is C=C1OC(=O)c2c(O)cc(OC)c(CO)c2[C@@]1(C)O. The number of phenols is 1. The van der Waals surface area contributed by atoms with E-state index in [4.69, 9.17) is 9.47 Å². The number of hydrogen-bond acceptors (Lipinski definition) is 6. The number of rotatable bonds is 2. The van der Waals surface area contributed by atoms with Crippen molar-refractivity contribution < 1.29 is 29.6 Å². The number of carbonyl (C=O) groups is 1. The molecule has 19 heavy (non-hydrogen) atoms. The maximum atomic E-state index is 11.8. The number of methoxy groups -OCH3 is 1. The fraction of sp³-hybridized carbons (Fsp3) is 0.308. The summed E-state index contributed by atoms with van der Waals surface area (Å²) in [5, 5.41) is 29.7. The normalized spacial score (nSPS) is 21.9. The highest BCUT2D eigenvalue weighted by atomic mass is 16.6. The molecule has 0 amide bonds. The average Bonchev–Trinajstić information content (AvgIpc) is 2.35. The van der Waals surface area contributed by atoms with Crippen LogP contribution in [0, 0.1) is 0 Å². The number of aliphatic hydroxyl groups excluding tert-OH is 1. The van der Waals surface area contributed by atoms with Crippen molar-refractivity contribution >= 4 is 5.97 Å². The number of ether oxygens (including phenoxy) is 2. The van der Waals surface area contributed by atoms with Crippen molar-refractivity contribution in [2.75, 3.05) is 7.11 Å². The third-order valence-electron chi connectivity index (χ3n) is 3.20. The van der Waals surface area contributed by atoms with Crippen LogP contribution in [0.1, 0.15) is 28.4 Å². The van der Waals surface area contributed by atoms with Crippen molar-refractivity contribution in [3.05, 3.63) is 35.1 Å². The van der Waals surface area contributed by atoms with Crippen LogP contribution in [-0.4, -0.2) is 28.4 Å². The zero-order valence-electron chi connectivity index (χ0n) is 10.6. The summed E-state index contributed by atoms with van der Waals surface area (Å²) in [6, 6.07) is 1.19. The molecule has 1 aliphatic heterocycles. The quantitative estimate of drug-likeness (QED) is 0.685. The van der Waals surface area contributed by atoms with Gasteiger partial charge in [-0.25, -0.2) is 4.79 Å². The number of cyclic esters (lactones) is 1. The smallest absolute Gasteiger partial charge is 0.347 e. The van der Waals surface area contributed by atoms with Gasteiger partial charge in [-0.2, -0.15) is 0 Å². The molecule has 1 aromatic rings. The molecule has 1 atom stereocenters. The highest BCUT2D eigenvalue weighted by Gasteiger charge is 2.43. The van der Waals surface area contributed by atoms with Crippen LogP contribution >= 0.6 is 0 Å². The van der Waals surface area contributed by atoms with E-state index in [9.17, 15) is 20.1 Å². The van der Waals surface area contributed by atoms with Gasteiger partial charge in [0, 0.05) is 17.2 Å². The summed E-state index contributed by atoms with van der Waals surface area (Å²) >= 11 is 0. The summed E-state index contributed by atoms with van der Waals surface area (Å²) in [6.07, 6.45) is 0. The number of benzene rings is 1. The Morgan fingerprint density at radius 3 is 2.68 bits per heavy atom. The lowest BCUT2D eigenvalue weighted by molar-refractivity contribution is 0.00705. The summed E-state index contributed by atoms with van der Waals surface area (Å²) in [4.78, 5) is 11.8. The Morgan fingerprint density at radius 1 is 1.53 bits per heavy atom. The second-order valence-corrected chi connectivity index (χ2v) is 4.37. The Morgan fingerprint density at radius 2 is 2.16 bits per heavy atom. The second-order valence-electron chi connectivity index (χ2n) is 4.37. The van der Waals surface area contributed by atoms with Gasteiger partial charge < -0.3 is 24.8 Å². The van der Waals surface area contributed by atoms with Crippen LogP contribution in [0.2, 0.25) is 0 Å². The minimum atomic E-state index is -1.71. The molecule has 0 aromatic heterocycles. The number of carbonyl (C=O) groups excluding carboxylic acids is 1. The first-order valence-corrected chi connectivity index (χ1v) is 5.52. The summed E-state index contributed by atoms with van der Waals surface area (Å²) in [5.74, 6) is -1.22. The number of fused-ring (bicyclic) bond motifs is 1. The molecule has 0 aliphatic carbocycles. The lowest BCUT2D eigenvalue weighted by atomic mass is 9.83. The molecule has 1 aliphatic rings. The molecule has 3 N–H and O–H groups in total. The second kappa shape index (κ2) is 4.25. The van der Waals surface area contributed by atoms with Gasteiger partial charge in [-0.05, 0) is 6.92 Å². The maximum absolute atomic E-state index is 11.8. The lowest BCUT2D eigenvalue weighted by Crippen LogP contribution is -2.35. The zero-order chi connectivity index (χ0) is 14.4. The van der Waals surface area contributed by atoms with Crippen LogP contribution < -0.4 is 4.74 Å². The summed E-state index contributed by atoms with van der Waals surface area (Å²) < 4.78 is 9.85. The monoisotopic (exact) mass is 266 g/mol. The van der Waals surface area contributed by atoms with E-state index in [1.807, 2.05) is 0 Å². The number of hydrogen-bond donors (Lipinski definition) is 3. The van der Waals surface area contributed by atoms with E-state index < -0.39 is 18.2 Å². The molecule has 0 bridgehead atoms. The third-order valence-corrected chi connectivity index (χ3v) is 3.20. The molecule has 0 saturated heterocycles. The van der Waals surface area contributed by atoms with Crippen molar-refractivity contribution in [1.82, 2.24) is 0 Å². The molecule has 0 unspecified atom stereocenters. The van der Waals surface area contributed by atoms with E-state index in [1.165, 1.54) is 20.1 Å². The topological polar surface area (TPSA) is 96.2 Å². The van der Waals surface area contributed by atoms with Gasteiger partial charge in [0.2, 0.25) is 0 Å². The molecule has 1 heterocycles. The van der Waals surface area contributed by atoms with E-state index in [-0.39, 0.29) is 33.9 Å². The van der Waals surface area contributed by atoms with Crippen LogP contribution in [0.25, 0.3) is 0 Å². The van der Waals surface area contributed by atoms with E-state index in [2.05, 4.69) is 6.58 Å². The fourth-order valence-corrected chi connectivity index (χ4v) is 2.17. The Labute approximate surface area is 109 Å². The molecule has 0 radical (unpaired) electrons. The first kappa shape index (κ1) is 13.4. The maximum Gasteiger partial charge on any atom is 0.347 e. The first-order chi connectivity index (χ1) is 8.84. The van der Waals surface area contributed by atoms with Crippen LogP contribution in [0.15, 0.2) is 18.4 Å². The highest BCUT2D eigenvalue weighted by Crippen LogP contribution is 2.45.